The van der Waals surface area contributed by atoms with Gasteiger partial charge in [0, 0.05) is 50.1 Å². The van der Waals surface area contributed by atoms with Crippen LogP contribution in [0.1, 0.15) is 5.56 Å². The van der Waals surface area contributed by atoms with Gasteiger partial charge in [0.15, 0.2) is 11.5 Å². The van der Waals surface area contributed by atoms with E-state index in [-0.39, 0.29) is 17.3 Å². The van der Waals surface area contributed by atoms with Crippen molar-refractivity contribution in [3.8, 4) is 11.5 Å². The van der Waals surface area contributed by atoms with Gasteiger partial charge in [-0.15, -0.1) is 0 Å². The molecule has 1 amide bonds. The minimum absolute atomic E-state index is 0.0447. The lowest BCUT2D eigenvalue weighted by Crippen LogP contribution is -2.48. The second-order valence-electron chi connectivity index (χ2n) is 6.35. The van der Waals surface area contributed by atoms with Gasteiger partial charge in [0.1, 0.15) is 0 Å². The maximum Gasteiger partial charge on any atom is 0.271 e. The Morgan fingerprint density at radius 3 is 2.61 bits per heavy atom. The van der Waals surface area contributed by atoms with Crippen LogP contribution in [0.2, 0.25) is 0 Å². The number of hydrogen-bond donors (Lipinski definition) is 1. The molecule has 0 bridgehead atoms. The lowest BCUT2D eigenvalue weighted by molar-refractivity contribution is -0.384. The van der Waals surface area contributed by atoms with Crippen LogP contribution in [0.25, 0.3) is 6.08 Å². The SMILES string of the molecule is COc1cc(/C=C/C(=O)N2CCN(c3cccc([N+](=O)[O-])c3)CC2)ccc1O. The highest BCUT2D eigenvalue weighted by Crippen LogP contribution is 2.27. The fourth-order valence-electron chi connectivity index (χ4n) is 3.06. The number of anilines is 1. The van der Waals surface area contributed by atoms with Crippen LogP contribution < -0.4 is 9.64 Å². The van der Waals surface area contributed by atoms with Crippen molar-refractivity contribution in [2.75, 3.05) is 38.2 Å². The molecule has 0 radical (unpaired) electrons. The average Bonchev–Trinajstić information content (AvgIpc) is 2.73. The van der Waals surface area contributed by atoms with Crippen LogP contribution in [0.3, 0.4) is 0 Å². The highest BCUT2D eigenvalue weighted by atomic mass is 16.6. The van der Waals surface area contributed by atoms with Gasteiger partial charge in [0.2, 0.25) is 5.91 Å². The first-order valence-electron chi connectivity index (χ1n) is 8.81. The van der Waals surface area contributed by atoms with E-state index in [1.807, 2.05) is 11.0 Å². The highest BCUT2D eigenvalue weighted by molar-refractivity contribution is 5.92. The van der Waals surface area contributed by atoms with Gasteiger partial charge < -0.3 is 19.6 Å². The Bertz CT molecular complexity index is 904. The summed E-state index contributed by atoms with van der Waals surface area (Å²) in [4.78, 5) is 26.7. The number of rotatable bonds is 5. The van der Waals surface area contributed by atoms with Crippen molar-refractivity contribution in [3.05, 3.63) is 64.2 Å². The molecule has 0 aromatic heterocycles. The Morgan fingerprint density at radius 2 is 1.93 bits per heavy atom. The Labute approximate surface area is 162 Å². The third-order valence-electron chi connectivity index (χ3n) is 4.62. The zero-order valence-electron chi connectivity index (χ0n) is 15.4. The third kappa shape index (κ3) is 4.40. The third-order valence-corrected chi connectivity index (χ3v) is 4.62. The van der Waals surface area contributed by atoms with Crippen molar-refractivity contribution in [3.63, 3.8) is 0 Å². The fourth-order valence-corrected chi connectivity index (χ4v) is 3.06. The molecule has 1 aliphatic heterocycles. The molecule has 0 aliphatic carbocycles. The summed E-state index contributed by atoms with van der Waals surface area (Å²) in [5.41, 5.74) is 1.59. The Kier molecular flexibility index (Phi) is 5.78. The average molecular weight is 383 g/mol. The monoisotopic (exact) mass is 383 g/mol. The van der Waals surface area contributed by atoms with E-state index in [1.165, 1.54) is 25.3 Å². The maximum atomic E-state index is 12.4. The summed E-state index contributed by atoms with van der Waals surface area (Å²) in [6.45, 7) is 2.27. The molecule has 3 rings (SSSR count). The first-order valence-corrected chi connectivity index (χ1v) is 8.81. The molecule has 8 nitrogen and oxygen atoms in total. The van der Waals surface area contributed by atoms with Gasteiger partial charge in [0.25, 0.3) is 5.69 Å². The molecule has 8 heteroatoms. The number of ether oxygens (including phenoxy) is 1. The second kappa shape index (κ2) is 8.43. The number of non-ortho nitro benzene ring substituents is 1. The molecular formula is C20H21N3O5. The summed E-state index contributed by atoms with van der Waals surface area (Å²) in [5, 5.41) is 20.5. The first-order chi connectivity index (χ1) is 13.5. The van der Waals surface area contributed by atoms with E-state index < -0.39 is 4.92 Å². The van der Waals surface area contributed by atoms with Crippen LogP contribution >= 0.6 is 0 Å². The number of hydrogen-bond acceptors (Lipinski definition) is 6. The van der Waals surface area contributed by atoms with E-state index in [4.69, 9.17) is 4.74 Å². The van der Waals surface area contributed by atoms with Crippen LogP contribution in [0.15, 0.2) is 48.5 Å². The number of benzene rings is 2. The van der Waals surface area contributed by atoms with Crippen LogP contribution in [-0.4, -0.2) is 54.1 Å². The number of aromatic hydroxyl groups is 1. The zero-order chi connectivity index (χ0) is 20.1. The van der Waals surface area contributed by atoms with E-state index in [0.717, 1.165) is 11.3 Å². The first kappa shape index (κ1) is 19.2. The number of amides is 1. The van der Waals surface area contributed by atoms with E-state index in [2.05, 4.69) is 0 Å². The predicted octanol–water partition coefficient (Wildman–Crippen LogP) is 2.67. The molecule has 0 unspecified atom stereocenters. The highest BCUT2D eigenvalue weighted by Gasteiger charge is 2.21. The van der Waals surface area contributed by atoms with E-state index in [9.17, 15) is 20.0 Å². The molecule has 2 aromatic carbocycles. The normalized spacial score (nSPS) is 14.3. The number of nitrogens with zero attached hydrogens (tertiary/aromatic N) is 3. The molecule has 28 heavy (non-hydrogen) atoms. The smallest absolute Gasteiger partial charge is 0.271 e. The van der Waals surface area contributed by atoms with E-state index in [0.29, 0.717) is 31.9 Å². The van der Waals surface area contributed by atoms with Crippen molar-refractivity contribution < 1.29 is 19.6 Å². The number of nitro benzene ring substituents is 1. The van der Waals surface area contributed by atoms with Gasteiger partial charge >= 0.3 is 0 Å². The summed E-state index contributed by atoms with van der Waals surface area (Å²) in [6.07, 6.45) is 3.17. The quantitative estimate of drug-likeness (QED) is 0.484. The predicted molar refractivity (Wildman–Crippen MR) is 106 cm³/mol. The summed E-state index contributed by atoms with van der Waals surface area (Å²) in [5.74, 6) is 0.286. The Balaban J connectivity index is 1.59. The molecule has 1 aliphatic rings. The number of nitro groups is 1. The molecule has 1 N–H and O–H groups in total. The summed E-state index contributed by atoms with van der Waals surface area (Å²) < 4.78 is 5.06. The Hall–Kier alpha value is -3.55. The molecule has 146 valence electrons. The maximum absolute atomic E-state index is 12.4. The number of methoxy groups -OCH3 is 1. The topological polar surface area (TPSA) is 96.2 Å². The van der Waals surface area contributed by atoms with Gasteiger partial charge in [-0.1, -0.05) is 12.1 Å². The number of piperazine rings is 1. The number of carbonyl (C=O) groups is 1. The Morgan fingerprint density at radius 1 is 1.18 bits per heavy atom. The minimum Gasteiger partial charge on any atom is -0.504 e. The molecule has 0 spiro atoms. The van der Waals surface area contributed by atoms with Crippen LogP contribution in [0, 0.1) is 10.1 Å². The molecule has 0 atom stereocenters. The molecule has 1 heterocycles. The molecule has 1 fully saturated rings. The molecule has 0 saturated carbocycles. The standard InChI is InChI=1S/C20H21N3O5/c1-28-19-13-15(5-7-18(19)24)6-8-20(25)22-11-9-21(10-12-22)16-3-2-4-17(14-16)23(26)27/h2-8,13-14,24H,9-12H2,1H3/b8-6+. The number of phenolic OH excluding ortho intramolecular Hbond substituents is 1. The zero-order valence-corrected chi connectivity index (χ0v) is 15.4. The summed E-state index contributed by atoms with van der Waals surface area (Å²) in [7, 11) is 1.47. The molecule has 1 saturated heterocycles. The lowest BCUT2D eigenvalue weighted by atomic mass is 10.2. The van der Waals surface area contributed by atoms with E-state index in [1.54, 1.807) is 35.2 Å². The summed E-state index contributed by atoms with van der Waals surface area (Å²) >= 11 is 0. The van der Waals surface area contributed by atoms with Crippen LogP contribution in [0.5, 0.6) is 11.5 Å². The fraction of sp³-hybridized carbons (Fsp3) is 0.250. The van der Waals surface area contributed by atoms with Gasteiger partial charge in [-0.2, -0.15) is 0 Å². The second-order valence-corrected chi connectivity index (χ2v) is 6.35. The lowest BCUT2D eigenvalue weighted by Gasteiger charge is -2.35. The van der Waals surface area contributed by atoms with Crippen molar-refractivity contribution in [1.82, 2.24) is 4.90 Å². The number of phenols is 1. The van der Waals surface area contributed by atoms with Gasteiger partial charge in [-0.3, -0.25) is 14.9 Å². The summed E-state index contributed by atoms with van der Waals surface area (Å²) in [6, 6.07) is 11.4. The van der Waals surface area contributed by atoms with Crippen LogP contribution in [0.4, 0.5) is 11.4 Å². The largest absolute Gasteiger partial charge is 0.504 e. The molecular weight excluding hydrogens is 362 g/mol. The van der Waals surface area contributed by atoms with Crippen LogP contribution in [-0.2, 0) is 4.79 Å². The van der Waals surface area contributed by atoms with Crippen molar-refractivity contribution in [2.45, 2.75) is 0 Å². The van der Waals surface area contributed by atoms with Crippen molar-refractivity contribution in [2.24, 2.45) is 0 Å². The van der Waals surface area contributed by atoms with Crippen molar-refractivity contribution in [1.29, 1.82) is 0 Å². The van der Waals surface area contributed by atoms with Gasteiger partial charge in [-0.05, 0) is 29.8 Å². The minimum atomic E-state index is -0.410. The van der Waals surface area contributed by atoms with Gasteiger partial charge in [-0.25, -0.2) is 0 Å². The van der Waals surface area contributed by atoms with Gasteiger partial charge in [0.05, 0.1) is 12.0 Å². The van der Waals surface area contributed by atoms with Crippen molar-refractivity contribution >= 4 is 23.4 Å². The van der Waals surface area contributed by atoms with E-state index >= 15 is 0 Å². The molecule has 2 aromatic rings. The number of carbonyl (C=O) groups excluding carboxylic acids is 1.